The van der Waals surface area contributed by atoms with Crippen LogP contribution in [0.3, 0.4) is 0 Å². The van der Waals surface area contributed by atoms with Crippen molar-refractivity contribution in [3.8, 4) is 23.0 Å². The van der Waals surface area contributed by atoms with Crippen molar-refractivity contribution < 1.29 is 18.9 Å². The highest BCUT2D eigenvalue weighted by Gasteiger charge is 2.60. The van der Waals surface area contributed by atoms with Gasteiger partial charge in [0.2, 0.25) is 0 Å². The maximum Gasteiger partial charge on any atom is 0.119 e. The molecule has 2 spiro atoms. The van der Waals surface area contributed by atoms with Crippen LogP contribution in [0, 0.1) is 0 Å². The molecule has 0 radical (unpaired) electrons. The van der Waals surface area contributed by atoms with E-state index < -0.39 is 10.8 Å². The first-order valence-electron chi connectivity index (χ1n) is 23.7. The number of thiophene rings is 2. The molecule has 0 fully saturated rings. The number of fused-ring (bicyclic) bond motifs is 14. The van der Waals surface area contributed by atoms with E-state index in [2.05, 4.69) is 216 Å². The van der Waals surface area contributed by atoms with Gasteiger partial charge in [0, 0.05) is 52.1 Å². The number of rotatable bonds is 10. The van der Waals surface area contributed by atoms with Crippen molar-refractivity contribution in [1.82, 2.24) is 0 Å². The van der Waals surface area contributed by atoms with Crippen molar-refractivity contribution in [2.75, 3.05) is 38.2 Å². The Bertz CT molecular complexity index is 3190. The van der Waals surface area contributed by atoms with Gasteiger partial charge in [0.05, 0.1) is 39.3 Å². The topological polar surface area (TPSA) is 43.4 Å². The number of nitrogens with zero attached hydrogens (tertiary/aromatic N) is 2. The van der Waals surface area contributed by atoms with Crippen molar-refractivity contribution in [3.05, 3.63) is 249 Å². The highest BCUT2D eigenvalue weighted by atomic mass is 32.2. The Kier molecular flexibility index (Phi) is 11.0. The van der Waals surface area contributed by atoms with Gasteiger partial charge < -0.3 is 28.7 Å². The van der Waals surface area contributed by atoms with Crippen molar-refractivity contribution >= 4 is 78.9 Å². The van der Waals surface area contributed by atoms with E-state index in [-0.39, 0.29) is 0 Å². The Morgan fingerprint density at radius 3 is 0.806 bits per heavy atom. The summed E-state index contributed by atoms with van der Waals surface area (Å²) in [4.78, 5) is 12.4. The van der Waals surface area contributed by atoms with Gasteiger partial charge >= 0.3 is 0 Å². The SMILES string of the molecule is COc1ccc(N(c2ccc(OC)cc2)c2cc3c(s2)C2(c4ccccc4Sc4ccccc42)c2cc(N(c4ccc(OC)cc4)c4ccc(OC)cc4)sc2C32c3ccccc3Sc3ccccc32)cc1. The lowest BCUT2D eigenvalue weighted by molar-refractivity contribution is 0.414. The van der Waals surface area contributed by atoms with Crippen LogP contribution in [0.1, 0.15) is 43.1 Å². The maximum atomic E-state index is 5.72. The standard InChI is InChI=1S/C62H46N2O4S4/c1-65-43-29-21-39(22-30-43)63(40-23-31-44(66-2)32-24-40)57-37-51-59(71-57)62(49-15-7-11-19-55(49)70-56-20-12-8-16-50(56)62)52-38-58(64(41-25-33-45(67-3)34-26-41)42-27-35-46(68-4)36-28-42)72-60(52)61(51)47-13-5-9-17-53(47)69-54-18-10-6-14-48(54)61/h5-38H,1-4H3. The predicted molar refractivity (Wildman–Crippen MR) is 296 cm³/mol. The molecule has 0 atom stereocenters. The van der Waals surface area contributed by atoms with Crippen LogP contribution in [0.5, 0.6) is 23.0 Å². The Balaban J connectivity index is 1.19. The summed E-state index contributed by atoms with van der Waals surface area (Å²) in [5, 5.41) is 2.20. The number of hydrogen-bond donors (Lipinski definition) is 0. The summed E-state index contributed by atoms with van der Waals surface area (Å²) in [7, 11) is 6.87. The number of benzene rings is 8. The molecule has 0 saturated carbocycles. The third-order valence-electron chi connectivity index (χ3n) is 14.3. The average molecular weight is 1010 g/mol. The molecule has 1 aliphatic carbocycles. The van der Waals surface area contributed by atoms with E-state index >= 15 is 0 Å². The Hall–Kier alpha value is -7.34. The minimum atomic E-state index is -0.739. The second kappa shape index (κ2) is 17.8. The number of ether oxygens (including phenoxy) is 4. The number of anilines is 6. The van der Waals surface area contributed by atoms with Gasteiger partial charge in [-0.25, -0.2) is 0 Å². The van der Waals surface area contributed by atoms with Gasteiger partial charge in [0.15, 0.2) is 0 Å². The van der Waals surface area contributed by atoms with E-state index in [0.717, 1.165) is 55.7 Å². The minimum absolute atomic E-state index is 0.739. The monoisotopic (exact) mass is 1010 g/mol. The highest BCUT2D eigenvalue weighted by Crippen LogP contribution is 2.71. The summed E-state index contributed by atoms with van der Waals surface area (Å²) in [6.07, 6.45) is 0. The van der Waals surface area contributed by atoms with Crippen LogP contribution < -0.4 is 28.7 Å². The third-order valence-corrected chi connectivity index (χ3v) is 19.1. The van der Waals surface area contributed by atoms with E-state index in [1.54, 1.807) is 28.4 Å². The smallest absolute Gasteiger partial charge is 0.119 e. The fourth-order valence-corrected chi connectivity index (χ4v) is 16.5. The van der Waals surface area contributed by atoms with Crippen LogP contribution >= 0.6 is 46.2 Å². The van der Waals surface area contributed by atoms with Crippen molar-refractivity contribution in [2.45, 2.75) is 30.4 Å². The quantitative estimate of drug-likeness (QED) is 0.134. The summed E-state index contributed by atoms with van der Waals surface area (Å²) < 4.78 is 22.9. The number of hydrogen-bond acceptors (Lipinski definition) is 10. The summed E-state index contributed by atoms with van der Waals surface area (Å²) >= 11 is 7.53. The lowest BCUT2D eigenvalue weighted by atomic mass is 9.55. The predicted octanol–water partition coefficient (Wildman–Crippen LogP) is 16.8. The summed E-state index contributed by atoms with van der Waals surface area (Å²) in [5.74, 6) is 3.21. The molecule has 8 aromatic carbocycles. The maximum absolute atomic E-state index is 5.72. The van der Waals surface area contributed by atoms with Crippen molar-refractivity contribution in [2.24, 2.45) is 0 Å². The lowest BCUT2D eigenvalue weighted by Crippen LogP contribution is -2.45. The van der Waals surface area contributed by atoms with E-state index in [1.807, 2.05) is 46.2 Å². The molecule has 72 heavy (non-hydrogen) atoms. The molecule has 0 N–H and O–H groups in total. The largest absolute Gasteiger partial charge is 0.497 e. The van der Waals surface area contributed by atoms with Crippen LogP contribution in [0.2, 0.25) is 0 Å². The fraction of sp³-hybridized carbons (Fsp3) is 0.0968. The first-order chi connectivity index (χ1) is 35.5. The van der Waals surface area contributed by atoms with Gasteiger partial charge in [-0.05, 0) is 167 Å². The van der Waals surface area contributed by atoms with Gasteiger partial charge in [-0.3, -0.25) is 0 Å². The van der Waals surface area contributed by atoms with E-state index in [4.69, 9.17) is 18.9 Å². The van der Waals surface area contributed by atoms with E-state index in [0.29, 0.717) is 0 Å². The van der Waals surface area contributed by atoms with Gasteiger partial charge in [-0.2, -0.15) is 0 Å². The molecule has 10 heteroatoms. The zero-order valence-electron chi connectivity index (χ0n) is 39.8. The van der Waals surface area contributed by atoms with Crippen LogP contribution in [0.4, 0.5) is 32.8 Å². The van der Waals surface area contributed by atoms with Crippen molar-refractivity contribution in [3.63, 3.8) is 0 Å². The first-order valence-corrected chi connectivity index (χ1v) is 26.9. The molecular formula is C62H46N2O4S4. The van der Waals surface area contributed by atoms with E-state index in [9.17, 15) is 0 Å². The molecule has 0 saturated heterocycles. The molecular weight excluding hydrogens is 965 g/mol. The molecule has 0 unspecified atom stereocenters. The normalized spacial score (nSPS) is 13.9. The average Bonchev–Trinajstić information content (AvgIpc) is 4.09. The number of methoxy groups -OCH3 is 4. The molecule has 0 bridgehead atoms. The van der Waals surface area contributed by atoms with Crippen LogP contribution in [-0.4, -0.2) is 28.4 Å². The lowest BCUT2D eigenvalue weighted by Gasteiger charge is -2.51. The van der Waals surface area contributed by atoms with Gasteiger partial charge in [0.25, 0.3) is 0 Å². The highest BCUT2D eigenvalue weighted by molar-refractivity contribution is 7.99. The summed E-state index contributed by atoms with van der Waals surface area (Å²) in [5.41, 5.74) is 10.3. The Morgan fingerprint density at radius 1 is 0.306 bits per heavy atom. The van der Waals surface area contributed by atoms with Gasteiger partial charge in [-0.15, -0.1) is 22.7 Å². The molecule has 10 aromatic rings. The molecule has 3 aliphatic rings. The van der Waals surface area contributed by atoms with Gasteiger partial charge in [0.1, 0.15) is 33.0 Å². The molecule has 2 aliphatic heterocycles. The molecule has 352 valence electrons. The summed E-state index contributed by atoms with van der Waals surface area (Å²) in [6, 6.07) is 75.2. The summed E-state index contributed by atoms with van der Waals surface area (Å²) in [6.45, 7) is 0. The zero-order valence-corrected chi connectivity index (χ0v) is 43.1. The molecule has 6 nitrogen and oxygen atoms in total. The molecule has 2 aromatic heterocycles. The molecule has 0 amide bonds. The van der Waals surface area contributed by atoms with E-state index in [1.165, 1.54) is 62.7 Å². The third kappa shape index (κ3) is 6.69. The van der Waals surface area contributed by atoms with Crippen molar-refractivity contribution in [1.29, 1.82) is 0 Å². The molecule has 13 rings (SSSR count). The minimum Gasteiger partial charge on any atom is -0.497 e. The first kappa shape index (κ1) is 44.6. The molecule has 4 heterocycles. The van der Waals surface area contributed by atoms with Crippen LogP contribution in [0.15, 0.2) is 226 Å². The second-order valence-electron chi connectivity index (χ2n) is 17.8. The zero-order chi connectivity index (χ0) is 48.6. The van der Waals surface area contributed by atoms with Crippen LogP contribution in [-0.2, 0) is 10.8 Å². The fourth-order valence-electron chi connectivity index (χ4n) is 11.1. The Labute approximate surface area is 436 Å². The second-order valence-corrected chi connectivity index (χ2v) is 22.0. The van der Waals surface area contributed by atoms with Gasteiger partial charge in [-0.1, -0.05) is 96.3 Å². The Morgan fingerprint density at radius 2 is 0.556 bits per heavy atom. The van der Waals surface area contributed by atoms with Crippen LogP contribution in [0.25, 0.3) is 0 Å².